The van der Waals surface area contributed by atoms with Crippen molar-refractivity contribution in [1.82, 2.24) is 10.6 Å². The SMILES string of the molecule is Cc1cc(C(=O)NCC(=O)NCc2cccc(N3CCCCC3=O)c2)c(C)o1. The van der Waals surface area contributed by atoms with Gasteiger partial charge in [-0.3, -0.25) is 14.4 Å². The topological polar surface area (TPSA) is 91.7 Å². The fourth-order valence-electron chi connectivity index (χ4n) is 3.29. The number of hydrogen-bond acceptors (Lipinski definition) is 4. The van der Waals surface area contributed by atoms with Crippen molar-refractivity contribution < 1.29 is 18.8 Å². The van der Waals surface area contributed by atoms with Gasteiger partial charge >= 0.3 is 0 Å². The predicted molar refractivity (Wildman–Crippen MR) is 105 cm³/mol. The fraction of sp³-hybridized carbons (Fsp3) is 0.381. The predicted octanol–water partition coefficient (Wildman–Crippen LogP) is 2.46. The van der Waals surface area contributed by atoms with Crippen LogP contribution in [0, 0.1) is 13.8 Å². The number of piperidine rings is 1. The molecule has 0 atom stereocenters. The summed E-state index contributed by atoms with van der Waals surface area (Å²) in [6, 6.07) is 9.25. The maximum absolute atomic E-state index is 12.1. The Labute approximate surface area is 164 Å². The minimum absolute atomic E-state index is 0.118. The molecule has 3 amide bonds. The van der Waals surface area contributed by atoms with Crippen LogP contribution in [0.4, 0.5) is 5.69 Å². The van der Waals surface area contributed by atoms with E-state index in [0.29, 0.717) is 30.0 Å². The third-order valence-electron chi connectivity index (χ3n) is 4.73. The van der Waals surface area contributed by atoms with Gasteiger partial charge in [-0.1, -0.05) is 12.1 Å². The lowest BCUT2D eigenvalue weighted by molar-refractivity contribution is -0.120. The second-order valence-electron chi connectivity index (χ2n) is 6.96. The number of hydrogen-bond donors (Lipinski definition) is 2. The third kappa shape index (κ3) is 4.79. The van der Waals surface area contributed by atoms with E-state index in [1.807, 2.05) is 24.3 Å². The van der Waals surface area contributed by atoms with Crippen molar-refractivity contribution in [3.05, 3.63) is 53.0 Å². The Balaban J connectivity index is 1.50. The molecule has 1 saturated heterocycles. The van der Waals surface area contributed by atoms with Crippen LogP contribution in [-0.4, -0.2) is 30.8 Å². The quantitative estimate of drug-likeness (QED) is 0.802. The number of furan rings is 1. The Kier molecular flexibility index (Phi) is 6.13. The molecule has 2 N–H and O–H groups in total. The van der Waals surface area contributed by atoms with E-state index in [1.165, 1.54) is 0 Å². The molecule has 0 spiro atoms. The number of carbonyl (C=O) groups excluding carboxylic acids is 3. The molecule has 1 aromatic carbocycles. The molecule has 0 saturated carbocycles. The standard InChI is InChI=1S/C21H25N3O4/c1-14-10-18(15(2)28-14)21(27)23-13-19(25)22-12-16-6-5-7-17(11-16)24-9-4-3-8-20(24)26/h5-7,10-11H,3-4,8-9,12-13H2,1-2H3,(H,22,25)(H,23,27). The largest absolute Gasteiger partial charge is 0.466 e. The van der Waals surface area contributed by atoms with Crippen LogP contribution in [0.15, 0.2) is 34.7 Å². The van der Waals surface area contributed by atoms with Crippen LogP contribution in [0.3, 0.4) is 0 Å². The highest BCUT2D eigenvalue weighted by Crippen LogP contribution is 2.21. The smallest absolute Gasteiger partial charge is 0.255 e. The van der Waals surface area contributed by atoms with E-state index < -0.39 is 0 Å². The summed E-state index contributed by atoms with van der Waals surface area (Å²) < 4.78 is 5.33. The molecule has 1 aliphatic heterocycles. The molecular weight excluding hydrogens is 358 g/mol. The highest BCUT2D eigenvalue weighted by Gasteiger charge is 2.19. The van der Waals surface area contributed by atoms with Crippen LogP contribution in [0.5, 0.6) is 0 Å². The Bertz CT molecular complexity index is 888. The maximum atomic E-state index is 12.1. The van der Waals surface area contributed by atoms with E-state index in [0.717, 1.165) is 30.6 Å². The minimum atomic E-state index is -0.338. The van der Waals surface area contributed by atoms with Crippen molar-refractivity contribution in [1.29, 1.82) is 0 Å². The lowest BCUT2D eigenvalue weighted by Gasteiger charge is -2.27. The maximum Gasteiger partial charge on any atom is 0.255 e. The van der Waals surface area contributed by atoms with Gasteiger partial charge in [0.25, 0.3) is 5.91 Å². The second kappa shape index (κ2) is 8.73. The zero-order valence-corrected chi connectivity index (χ0v) is 16.2. The van der Waals surface area contributed by atoms with E-state index in [2.05, 4.69) is 10.6 Å². The average Bonchev–Trinajstić information content (AvgIpc) is 3.03. The number of aryl methyl sites for hydroxylation is 2. The molecule has 0 bridgehead atoms. The van der Waals surface area contributed by atoms with Crippen LogP contribution >= 0.6 is 0 Å². The van der Waals surface area contributed by atoms with E-state index in [9.17, 15) is 14.4 Å². The lowest BCUT2D eigenvalue weighted by atomic mass is 10.1. The Morgan fingerprint density at radius 2 is 1.96 bits per heavy atom. The van der Waals surface area contributed by atoms with Gasteiger partial charge in [-0.05, 0) is 50.5 Å². The molecule has 0 aliphatic carbocycles. The van der Waals surface area contributed by atoms with Gasteiger partial charge in [-0.25, -0.2) is 0 Å². The van der Waals surface area contributed by atoms with Crippen molar-refractivity contribution >= 4 is 23.4 Å². The fourth-order valence-corrected chi connectivity index (χ4v) is 3.29. The lowest BCUT2D eigenvalue weighted by Crippen LogP contribution is -2.37. The van der Waals surface area contributed by atoms with Gasteiger partial charge in [-0.15, -0.1) is 0 Å². The summed E-state index contributed by atoms with van der Waals surface area (Å²) in [6.45, 7) is 4.42. The number of carbonyl (C=O) groups is 3. The van der Waals surface area contributed by atoms with Gasteiger partial charge in [0.15, 0.2) is 0 Å². The summed E-state index contributed by atoms with van der Waals surface area (Å²) >= 11 is 0. The van der Waals surface area contributed by atoms with Crippen LogP contribution < -0.4 is 15.5 Å². The van der Waals surface area contributed by atoms with Crippen molar-refractivity contribution in [3.8, 4) is 0 Å². The molecule has 0 unspecified atom stereocenters. The molecule has 148 valence electrons. The molecule has 28 heavy (non-hydrogen) atoms. The van der Waals surface area contributed by atoms with Crippen LogP contribution in [0.25, 0.3) is 0 Å². The summed E-state index contributed by atoms with van der Waals surface area (Å²) in [5.41, 5.74) is 2.19. The summed E-state index contributed by atoms with van der Waals surface area (Å²) in [4.78, 5) is 38.1. The van der Waals surface area contributed by atoms with Crippen LogP contribution in [0.2, 0.25) is 0 Å². The average molecular weight is 383 g/mol. The summed E-state index contributed by atoms with van der Waals surface area (Å²) in [7, 11) is 0. The van der Waals surface area contributed by atoms with Gasteiger partial charge in [-0.2, -0.15) is 0 Å². The van der Waals surface area contributed by atoms with E-state index in [-0.39, 0.29) is 24.3 Å². The van der Waals surface area contributed by atoms with Gasteiger partial charge in [0, 0.05) is 25.2 Å². The Hall–Kier alpha value is -3.09. The zero-order chi connectivity index (χ0) is 20.1. The number of anilines is 1. The van der Waals surface area contributed by atoms with Crippen molar-refractivity contribution in [2.45, 2.75) is 39.7 Å². The first-order valence-electron chi connectivity index (χ1n) is 9.45. The molecule has 1 aromatic heterocycles. The first-order valence-corrected chi connectivity index (χ1v) is 9.45. The highest BCUT2D eigenvalue weighted by atomic mass is 16.3. The van der Waals surface area contributed by atoms with E-state index >= 15 is 0 Å². The van der Waals surface area contributed by atoms with Crippen molar-refractivity contribution in [2.24, 2.45) is 0 Å². The first-order chi connectivity index (χ1) is 13.4. The number of nitrogens with one attached hydrogen (secondary N) is 2. The van der Waals surface area contributed by atoms with Gasteiger partial charge in [0.2, 0.25) is 11.8 Å². The van der Waals surface area contributed by atoms with Crippen LogP contribution in [0.1, 0.15) is 46.7 Å². The first kappa shape index (κ1) is 19.7. The molecule has 3 rings (SSSR count). The van der Waals surface area contributed by atoms with Crippen molar-refractivity contribution in [2.75, 3.05) is 18.0 Å². The summed E-state index contributed by atoms with van der Waals surface area (Å²) in [5.74, 6) is 0.694. The van der Waals surface area contributed by atoms with Crippen LogP contribution in [-0.2, 0) is 16.1 Å². The Morgan fingerprint density at radius 1 is 1.14 bits per heavy atom. The van der Waals surface area contributed by atoms with Gasteiger partial charge < -0.3 is 20.0 Å². The van der Waals surface area contributed by atoms with Gasteiger partial charge in [0.1, 0.15) is 11.5 Å². The third-order valence-corrected chi connectivity index (χ3v) is 4.73. The Morgan fingerprint density at radius 3 is 2.68 bits per heavy atom. The number of amides is 3. The van der Waals surface area contributed by atoms with Gasteiger partial charge in [0.05, 0.1) is 12.1 Å². The molecule has 1 aliphatic rings. The van der Waals surface area contributed by atoms with Crippen molar-refractivity contribution in [3.63, 3.8) is 0 Å². The number of benzene rings is 1. The summed E-state index contributed by atoms with van der Waals surface area (Å²) in [5, 5.41) is 5.38. The molecule has 1 fully saturated rings. The number of nitrogens with zero attached hydrogens (tertiary/aromatic N) is 1. The summed E-state index contributed by atoms with van der Waals surface area (Å²) in [6.07, 6.45) is 2.52. The normalized spacial score (nSPS) is 14.1. The molecule has 0 radical (unpaired) electrons. The molecule has 7 nitrogen and oxygen atoms in total. The zero-order valence-electron chi connectivity index (χ0n) is 16.2. The monoisotopic (exact) mass is 383 g/mol. The number of rotatable bonds is 6. The molecule has 2 heterocycles. The minimum Gasteiger partial charge on any atom is -0.466 e. The molecule has 7 heteroatoms. The van der Waals surface area contributed by atoms with E-state index in [4.69, 9.17) is 4.42 Å². The molecular formula is C21H25N3O4. The highest BCUT2D eigenvalue weighted by molar-refractivity contribution is 5.97. The second-order valence-corrected chi connectivity index (χ2v) is 6.96. The molecule has 2 aromatic rings. The van der Waals surface area contributed by atoms with E-state index in [1.54, 1.807) is 24.8 Å².